The van der Waals surface area contributed by atoms with Crippen molar-refractivity contribution < 1.29 is 0 Å². The van der Waals surface area contributed by atoms with Crippen molar-refractivity contribution in [2.45, 2.75) is 64.0 Å². The maximum atomic E-state index is 6.34. The van der Waals surface area contributed by atoms with Crippen LogP contribution >= 0.6 is 0 Å². The van der Waals surface area contributed by atoms with Crippen molar-refractivity contribution in [2.24, 2.45) is 5.73 Å². The Balaban J connectivity index is 1.97. The molecule has 0 saturated carbocycles. The molecule has 2 nitrogen and oxygen atoms in total. The zero-order chi connectivity index (χ0) is 13.9. The van der Waals surface area contributed by atoms with E-state index in [1.54, 1.807) is 0 Å². The molecule has 0 amide bonds. The molecule has 106 valence electrons. The molecule has 1 heterocycles. The zero-order valence-electron chi connectivity index (χ0n) is 12.6. The van der Waals surface area contributed by atoms with Crippen LogP contribution in [0.25, 0.3) is 0 Å². The predicted octanol–water partition coefficient (Wildman–Crippen LogP) is 3.52. The Labute approximate surface area is 117 Å². The lowest BCUT2D eigenvalue weighted by molar-refractivity contribution is 0.362. The van der Waals surface area contributed by atoms with Crippen molar-refractivity contribution in [2.75, 3.05) is 6.54 Å². The second-order valence-corrected chi connectivity index (χ2v) is 6.86. The molecular formula is C17H28N2. The van der Waals surface area contributed by atoms with Crippen molar-refractivity contribution >= 4 is 0 Å². The van der Waals surface area contributed by atoms with E-state index >= 15 is 0 Å². The van der Waals surface area contributed by atoms with E-state index in [9.17, 15) is 0 Å². The lowest BCUT2D eigenvalue weighted by Gasteiger charge is -2.26. The summed E-state index contributed by atoms with van der Waals surface area (Å²) in [6.45, 7) is 7.88. The Hall–Kier alpha value is -0.860. The molecule has 1 aliphatic rings. The Bertz CT molecular complexity index is 383. The van der Waals surface area contributed by atoms with Crippen LogP contribution in [-0.4, -0.2) is 12.6 Å². The van der Waals surface area contributed by atoms with Crippen LogP contribution in [0.3, 0.4) is 0 Å². The van der Waals surface area contributed by atoms with Crippen LogP contribution in [0.4, 0.5) is 0 Å². The van der Waals surface area contributed by atoms with Gasteiger partial charge in [-0.25, -0.2) is 0 Å². The van der Waals surface area contributed by atoms with Crippen LogP contribution < -0.4 is 11.1 Å². The Morgan fingerprint density at radius 3 is 2.42 bits per heavy atom. The number of nitrogens with two attached hydrogens (primary N) is 1. The molecule has 3 N–H and O–H groups in total. The van der Waals surface area contributed by atoms with Crippen molar-refractivity contribution in [3.8, 4) is 0 Å². The topological polar surface area (TPSA) is 38.0 Å². The summed E-state index contributed by atoms with van der Waals surface area (Å²) in [6.07, 6.45) is 4.97. The van der Waals surface area contributed by atoms with Crippen molar-refractivity contribution in [3.05, 3.63) is 35.4 Å². The first-order chi connectivity index (χ1) is 8.97. The van der Waals surface area contributed by atoms with Crippen LogP contribution in [-0.2, 0) is 5.41 Å². The van der Waals surface area contributed by atoms with Gasteiger partial charge in [0, 0.05) is 12.1 Å². The fourth-order valence-electron chi connectivity index (χ4n) is 2.80. The van der Waals surface area contributed by atoms with Crippen LogP contribution in [0.5, 0.6) is 0 Å². The summed E-state index contributed by atoms with van der Waals surface area (Å²) in [5, 5.41) is 3.58. The molecule has 2 rings (SSSR count). The molecule has 2 atom stereocenters. The van der Waals surface area contributed by atoms with Crippen LogP contribution in [0.15, 0.2) is 24.3 Å². The van der Waals surface area contributed by atoms with Gasteiger partial charge in [-0.2, -0.15) is 0 Å². The van der Waals surface area contributed by atoms with Gasteiger partial charge >= 0.3 is 0 Å². The minimum absolute atomic E-state index is 0.157. The number of benzene rings is 1. The molecule has 1 fully saturated rings. The van der Waals surface area contributed by atoms with Crippen LogP contribution in [0.1, 0.15) is 63.6 Å². The molecular weight excluding hydrogens is 232 g/mol. The first-order valence-electron chi connectivity index (χ1n) is 7.56. The summed E-state index contributed by atoms with van der Waals surface area (Å²) in [5.41, 5.74) is 9.20. The maximum absolute atomic E-state index is 6.34. The number of piperidine rings is 1. The van der Waals surface area contributed by atoms with Gasteiger partial charge in [0.1, 0.15) is 0 Å². The molecule has 2 heteroatoms. The van der Waals surface area contributed by atoms with Gasteiger partial charge in [0.15, 0.2) is 0 Å². The number of hydrogen-bond acceptors (Lipinski definition) is 2. The zero-order valence-corrected chi connectivity index (χ0v) is 12.6. The van der Waals surface area contributed by atoms with Crippen molar-refractivity contribution in [3.63, 3.8) is 0 Å². The quantitative estimate of drug-likeness (QED) is 0.872. The van der Waals surface area contributed by atoms with Gasteiger partial charge in [-0.3, -0.25) is 0 Å². The molecule has 0 radical (unpaired) electrons. The van der Waals surface area contributed by atoms with Crippen molar-refractivity contribution in [1.29, 1.82) is 0 Å². The number of hydrogen-bond donors (Lipinski definition) is 2. The minimum Gasteiger partial charge on any atom is -0.324 e. The van der Waals surface area contributed by atoms with Gasteiger partial charge in [-0.1, -0.05) is 51.5 Å². The van der Waals surface area contributed by atoms with E-state index in [1.807, 2.05) is 0 Å². The summed E-state index contributed by atoms with van der Waals surface area (Å²) in [4.78, 5) is 0. The first-order valence-corrected chi connectivity index (χ1v) is 7.56. The Morgan fingerprint density at radius 1 is 1.21 bits per heavy atom. The molecule has 1 aromatic carbocycles. The van der Waals surface area contributed by atoms with E-state index in [-0.39, 0.29) is 11.5 Å². The Kier molecular flexibility index (Phi) is 4.64. The molecule has 0 aromatic heterocycles. The summed E-state index contributed by atoms with van der Waals surface area (Å²) in [7, 11) is 0. The summed E-state index contributed by atoms with van der Waals surface area (Å²) in [6, 6.07) is 9.62. The van der Waals surface area contributed by atoms with Gasteiger partial charge in [0.05, 0.1) is 0 Å². The number of rotatable bonds is 3. The molecule has 1 aliphatic heterocycles. The van der Waals surface area contributed by atoms with E-state index in [4.69, 9.17) is 5.73 Å². The lowest BCUT2D eigenvalue weighted by Crippen LogP contribution is -2.36. The van der Waals surface area contributed by atoms with Gasteiger partial charge in [0.25, 0.3) is 0 Å². The summed E-state index contributed by atoms with van der Waals surface area (Å²) < 4.78 is 0. The molecule has 0 spiro atoms. The highest BCUT2D eigenvalue weighted by atomic mass is 14.9. The van der Waals surface area contributed by atoms with E-state index < -0.39 is 0 Å². The average Bonchev–Trinajstić information content (AvgIpc) is 2.39. The second-order valence-electron chi connectivity index (χ2n) is 6.86. The third-order valence-corrected chi connectivity index (χ3v) is 4.16. The highest BCUT2D eigenvalue weighted by Gasteiger charge is 2.18. The number of nitrogens with one attached hydrogen (secondary N) is 1. The van der Waals surface area contributed by atoms with E-state index in [2.05, 4.69) is 50.4 Å². The molecule has 0 bridgehead atoms. The molecule has 0 aliphatic carbocycles. The van der Waals surface area contributed by atoms with Crippen LogP contribution in [0.2, 0.25) is 0 Å². The van der Waals surface area contributed by atoms with Gasteiger partial charge in [-0.15, -0.1) is 0 Å². The van der Waals surface area contributed by atoms with Crippen LogP contribution in [0, 0.1) is 0 Å². The highest BCUT2D eigenvalue weighted by Crippen LogP contribution is 2.25. The largest absolute Gasteiger partial charge is 0.324 e. The standard InChI is InChI=1S/C17H28N2/c1-17(2,3)14-9-7-13(8-10-14)16(18)12-15-6-4-5-11-19-15/h7-10,15-16,19H,4-6,11-12,18H2,1-3H3. The first kappa shape index (κ1) is 14.5. The predicted molar refractivity (Wildman–Crippen MR) is 82.3 cm³/mol. The van der Waals surface area contributed by atoms with Gasteiger partial charge < -0.3 is 11.1 Å². The maximum Gasteiger partial charge on any atom is 0.0309 e. The fraction of sp³-hybridized carbons (Fsp3) is 0.647. The molecule has 19 heavy (non-hydrogen) atoms. The monoisotopic (exact) mass is 260 g/mol. The smallest absolute Gasteiger partial charge is 0.0309 e. The fourth-order valence-corrected chi connectivity index (χ4v) is 2.80. The second kappa shape index (κ2) is 6.06. The molecule has 2 unspecified atom stereocenters. The normalized spacial score (nSPS) is 22.2. The SMILES string of the molecule is CC(C)(C)c1ccc(C(N)CC2CCCCN2)cc1. The van der Waals surface area contributed by atoms with E-state index in [1.165, 1.54) is 30.4 Å². The summed E-state index contributed by atoms with van der Waals surface area (Å²) >= 11 is 0. The minimum atomic E-state index is 0.157. The third kappa shape index (κ3) is 4.05. The lowest BCUT2D eigenvalue weighted by atomic mass is 9.85. The van der Waals surface area contributed by atoms with Gasteiger partial charge in [-0.05, 0) is 42.3 Å². The molecule has 1 aromatic rings. The van der Waals surface area contributed by atoms with E-state index in [0.717, 1.165) is 13.0 Å². The average molecular weight is 260 g/mol. The molecule has 1 saturated heterocycles. The van der Waals surface area contributed by atoms with E-state index in [0.29, 0.717) is 6.04 Å². The van der Waals surface area contributed by atoms with Gasteiger partial charge in [0.2, 0.25) is 0 Å². The van der Waals surface area contributed by atoms with Crippen molar-refractivity contribution in [1.82, 2.24) is 5.32 Å². The highest BCUT2D eigenvalue weighted by molar-refractivity contribution is 5.29. The third-order valence-electron chi connectivity index (χ3n) is 4.16. The summed E-state index contributed by atoms with van der Waals surface area (Å²) in [5.74, 6) is 0. The Morgan fingerprint density at radius 2 is 1.89 bits per heavy atom.